The number of nitrogens with two attached hydrogens (primary N) is 2. The number of hydrogen-bond donors (Lipinski definition) is 5. The molecule has 0 aliphatic carbocycles. The van der Waals surface area contributed by atoms with Gasteiger partial charge in [0.2, 0.25) is 0 Å². The van der Waals surface area contributed by atoms with E-state index in [0.717, 1.165) is 5.01 Å². The number of anilines is 1. The number of quaternary nitrogens is 1. The smallest absolute Gasteiger partial charge is 0.396 e. The summed E-state index contributed by atoms with van der Waals surface area (Å²) in [5, 5.41) is 20.2. The van der Waals surface area contributed by atoms with E-state index in [-0.39, 0.29) is 40.9 Å². The molecule has 7 N–H and O–H groups in total. The highest BCUT2D eigenvalue weighted by Gasteiger charge is 2.73. The van der Waals surface area contributed by atoms with Crippen LogP contribution >= 0.6 is 11.8 Å². The lowest BCUT2D eigenvalue weighted by molar-refractivity contribution is -0.830. The molecule has 2 rings (SSSR count). The zero-order valence-corrected chi connectivity index (χ0v) is 21.9. The summed E-state index contributed by atoms with van der Waals surface area (Å²) in [4.78, 5) is 21.1. The third-order valence-electron chi connectivity index (χ3n) is 5.49. The van der Waals surface area contributed by atoms with Gasteiger partial charge in [-0.05, 0) is 32.4 Å². The maximum atomic E-state index is 14.5. The van der Waals surface area contributed by atoms with Crippen LogP contribution in [0.2, 0.25) is 0 Å². The lowest BCUT2D eigenvalue weighted by atomic mass is 10.0. The number of halogens is 8. The number of nitrogens with one attached hydrogen (secondary N) is 2. The number of thioether (sulfide) groups is 1. The highest BCUT2D eigenvalue weighted by molar-refractivity contribution is 8.13. The van der Waals surface area contributed by atoms with Crippen LogP contribution in [0.1, 0.15) is 36.2 Å². The first kappa shape index (κ1) is 33.1. The van der Waals surface area contributed by atoms with Crippen LogP contribution in [-0.4, -0.2) is 57.5 Å². The van der Waals surface area contributed by atoms with Crippen molar-refractivity contribution in [3.63, 3.8) is 0 Å². The Kier molecular flexibility index (Phi) is 10.1. The molecule has 0 spiro atoms. The summed E-state index contributed by atoms with van der Waals surface area (Å²) in [6.07, 6.45) is -6.57. The summed E-state index contributed by atoms with van der Waals surface area (Å²) in [6, 6.07) is 3.83. The third kappa shape index (κ3) is 6.98. The minimum Gasteiger partial charge on any atom is -0.396 e. The highest BCUT2D eigenvalue weighted by Crippen LogP contribution is 2.51. The van der Waals surface area contributed by atoms with Crippen molar-refractivity contribution in [2.45, 2.75) is 48.7 Å². The summed E-state index contributed by atoms with van der Waals surface area (Å²) >= 11 is 0.696. The topological polar surface area (TPSA) is 141 Å². The molecule has 1 aromatic carbocycles. The number of rotatable bonds is 10. The summed E-state index contributed by atoms with van der Waals surface area (Å²) in [5.41, 5.74) is -1.60. The van der Waals surface area contributed by atoms with Crippen molar-refractivity contribution in [3.8, 4) is 0 Å². The molecule has 0 aliphatic heterocycles. The SMILES string of the molecule is CO[NH2+]c1ccc(SC(=N)N(N)C(C)(C)CCO)c(C(=O)Nc2ncc(C(F)(F)C(F)(F)C(F)(F)F)cc2F)c1. The van der Waals surface area contributed by atoms with Crippen molar-refractivity contribution in [2.24, 2.45) is 5.84 Å². The third-order valence-corrected chi connectivity index (χ3v) is 6.46. The number of carbonyl (C=O) groups excluding carboxylic acids is 1. The Balaban J connectivity index is 2.40. The van der Waals surface area contributed by atoms with E-state index in [0.29, 0.717) is 17.4 Å². The van der Waals surface area contributed by atoms with Gasteiger partial charge < -0.3 is 10.4 Å². The average molecular weight is 606 g/mol. The lowest BCUT2D eigenvalue weighted by Gasteiger charge is -2.35. The molecule has 0 unspecified atom stereocenters. The molecular weight excluding hydrogens is 580 g/mol. The highest BCUT2D eigenvalue weighted by atomic mass is 32.2. The first-order chi connectivity index (χ1) is 18.3. The average Bonchev–Trinajstić information content (AvgIpc) is 2.84. The van der Waals surface area contributed by atoms with E-state index < -0.39 is 46.7 Å². The molecule has 222 valence electrons. The van der Waals surface area contributed by atoms with E-state index in [9.17, 15) is 45.0 Å². The minimum atomic E-state index is -6.64. The van der Waals surface area contributed by atoms with E-state index in [1.807, 2.05) is 5.32 Å². The van der Waals surface area contributed by atoms with Crippen molar-refractivity contribution < 1.29 is 55.3 Å². The Morgan fingerprint density at radius 3 is 2.35 bits per heavy atom. The molecule has 1 aromatic heterocycles. The van der Waals surface area contributed by atoms with Crippen LogP contribution in [0.3, 0.4) is 0 Å². The number of aliphatic hydroxyl groups is 1. The molecule has 1 amide bonds. The summed E-state index contributed by atoms with van der Waals surface area (Å²) in [6.45, 7) is 3.06. The monoisotopic (exact) mass is 605 g/mol. The summed E-state index contributed by atoms with van der Waals surface area (Å²) < 4.78 is 106. The predicted octanol–water partition coefficient (Wildman–Crippen LogP) is 3.88. The van der Waals surface area contributed by atoms with Crippen LogP contribution < -0.4 is 16.6 Å². The number of amides is 1. The maximum absolute atomic E-state index is 14.5. The fourth-order valence-electron chi connectivity index (χ4n) is 3.08. The van der Waals surface area contributed by atoms with Gasteiger partial charge in [-0.3, -0.25) is 15.2 Å². The summed E-state index contributed by atoms with van der Waals surface area (Å²) in [7, 11) is 1.31. The summed E-state index contributed by atoms with van der Waals surface area (Å²) in [5.74, 6) is -10.4. The van der Waals surface area contributed by atoms with Crippen molar-refractivity contribution in [1.29, 1.82) is 5.41 Å². The van der Waals surface area contributed by atoms with Gasteiger partial charge in [0.25, 0.3) is 5.91 Å². The number of hydrogen-bond acceptors (Lipinski definition) is 7. The molecule has 0 atom stereocenters. The van der Waals surface area contributed by atoms with Gasteiger partial charge in [-0.2, -0.15) is 36.2 Å². The van der Waals surface area contributed by atoms with E-state index in [2.05, 4.69) is 4.98 Å². The Morgan fingerprint density at radius 2 is 1.82 bits per heavy atom. The van der Waals surface area contributed by atoms with Crippen LogP contribution in [0.5, 0.6) is 0 Å². The Morgan fingerprint density at radius 1 is 1.20 bits per heavy atom. The van der Waals surface area contributed by atoms with Crippen molar-refractivity contribution in [1.82, 2.24) is 9.99 Å². The number of amidine groups is 1. The lowest BCUT2D eigenvalue weighted by Crippen LogP contribution is -2.76. The maximum Gasteiger partial charge on any atom is 0.460 e. The van der Waals surface area contributed by atoms with Gasteiger partial charge in [-0.25, -0.2) is 20.1 Å². The zero-order valence-electron chi connectivity index (χ0n) is 21.0. The number of nitrogens with zero attached hydrogens (tertiary/aromatic N) is 2. The van der Waals surface area contributed by atoms with Gasteiger partial charge in [0.1, 0.15) is 0 Å². The van der Waals surface area contributed by atoms with Crippen molar-refractivity contribution >= 4 is 34.3 Å². The molecule has 0 bridgehead atoms. The molecule has 0 saturated carbocycles. The second-order valence-electron chi connectivity index (χ2n) is 8.83. The van der Waals surface area contributed by atoms with Crippen LogP contribution in [0.25, 0.3) is 0 Å². The number of aliphatic hydroxyl groups excluding tert-OH is 1. The number of benzene rings is 1. The van der Waals surface area contributed by atoms with Gasteiger partial charge in [0.05, 0.1) is 18.2 Å². The number of aromatic nitrogens is 1. The largest absolute Gasteiger partial charge is 0.460 e. The van der Waals surface area contributed by atoms with Crippen LogP contribution in [0, 0.1) is 11.2 Å². The Bertz CT molecular complexity index is 1250. The fourth-order valence-corrected chi connectivity index (χ4v) is 4.03. The quantitative estimate of drug-likeness (QED) is 0.0527. The van der Waals surface area contributed by atoms with Crippen molar-refractivity contribution in [3.05, 3.63) is 47.4 Å². The molecule has 0 fully saturated rings. The normalized spacial score (nSPS) is 12.8. The minimum absolute atomic E-state index is 0.0967. The van der Waals surface area contributed by atoms with E-state index in [4.69, 9.17) is 16.1 Å². The van der Waals surface area contributed by atoms with E-state index >= 15 is 0 Å². The molecule has 1 heterocycles. The predicted molar refractivity (Wildman–Crippen MR) is 127 cm³/mol. The Labute approximate surface area is 226 Å². The second-order valence-corrected chi connectivity index (χ2v) is 9.86. The molecular formula is C22H25F8N6O3S+. The first-order valence-electron chi connectivity index (χ1n) is 11.0. The van der Waals surface area contributed by atoms with Gasteiger partial charge in [0, 0.05) is 35.4 Å². The molecule has 9 nitrogen and oxygen atoms in total. The molecule has 0 radical (unpaired) electrons. The standard InChI is InChI=1S/C22H24F8N6O3S/c1-19(2,6-7-37)36(32)18(31)40-15-5-4-12(35-39-3)9-13(15)17(38)34-16-14(23)8-11(10-33-16)20(24,25)21(26,27)22(28,29)30/h4-5,8-10,31,35,37H,6-7,32H2,1-3H3,(H,33,34,38)/p+1. The van der Waals surface area contributed by atoms with Crippen LogP contribution in [-0.2, 0) is 10.8 Å². The van der Waals surface area contributed by atoms with Gasteiger partial charge >= 0.3 is 18.0 Å². The molecule has 0 aliphatic rings. The molecule has 0 saturated heterocycles. The molecule has 18 heteroatoms. The molecule has 40 heavy (non-hydrogen) atoms. The number of alkyl halides is 7. The van der Waals surface area contributed by atoms with Crippen molar-refractivity contribution in [2.75, 3.05) is 19.0 Å². The van der Waals surface area contributed by atoms with E-state index in [1.165, 1.54) is 30.8 Å². The van der Waals surface area contributed by atoms with E-state index in [1.54, 1.807) is 13.8 Å². The Hall–Kier alpha value is -3.06. The number of pyridine rings is 1. The van der Waals surface area contributed by atoms with Gasteiger partial charge in [-0.15, -0.1) is 0 Å². The zero-order chi connectivity index (χ0) is 30.7. The van der Waals surface area contributed by atoms with Crippen LogP contribution in [0.15, 0.2) is 35.4 Å². The van der Waals surface area contributed by atoms with Gasteiger partial charge in [0.15, 0.2) is 22.5 Å². The first-order valence-corrected chi connectivity index (χ1v) is 11.8. The number of hydrazine groups is 1. The second kappa shape index (κ2) is 12.2. The molecule has 2 aromatic rings. The fraction of sp³-hybridized carbons (Fsp3) is 0.409. The van der Waals surface area contributed by atoms with Gasteiger partial charge in [-0.1, -0.05) is 11.8 Å². The number of carbonyl (C=O) groups is 1. The van der Waals surface area contributed by atoms with Crippen LogP contribution in [0.4, 0.5) is 46.6 Å².